The van der Waals surface area contributed by atoms with Gasteiger partial charge in [-0.25, -0.2) is 0 Å². The number of fused-ring (bicyclic) bond motifs is 15. The Morgan fingerprint density at radius 2 is 0.490 bits per heavy atom. The van der Waals surface area contributed by atoms with E-state index in [1.807, 2.05) is 36.4 Å². The zero-order valence-corrected chi connectivity index (χ0v) is 29.1. The average molecular weight is 715 g/mol. The number of hydrogen-bond donors (Lipinski definition) is 0. The van der Waals surface area contributed by atoms with Crippen LogP contribution in [-0.2, 0) is 0 Å². The number of benzene rings is 7. The highest BCUT2D eigenvalue weighted by Gasteiger charge is 2.28. The lowest BCUT2D eigenvalue weighted by Gasteiger charge is -2.19. The third-order valence-electron chi connectivity index (χ3n) is 10.1. The van der Waals surface area contributed by atoms with E-state index >= 15 is 0 Å². The second-order valence-corrected chi connectivity index (χ2v) is 19.0. The lowest BCUT2D eigenvalue weighted by atomic mass is 10.3. The molecule has 0 saturated heterocycles. The van der Waals surface area contributed by atoms with E-state index in [-0.39, 0.29) is 0 Å². The quantitative estimate of drug-likeness (QED) is 0.115. The Bertz CT molecular complexity index is 3310. The summed E-state index contributed by atoms with van der Waals surface area (Å²) in [6.45, 7) is 0. The summed E-state index contributed by atoms with van der Waals surface area (Å²) in [5.74, 6) is 0. The summed E-state index contributed by atoms with van der Waals surface area (Å²) < 4.78 is 41.4. The molecule has 0 aliphatic carbocycles. The van der Waals surface area contributed by atoms with Gasteiger partial charge in [0.25, 0.3) is 0 Å². The predicted octanol–water partition coefficient (Wildman–Crippen LogP) is 15.6. The summed E-state index contributed by atoms with van der Waals surface area (Å²) in [6, 6.07) is 43.6. The maximum Gasteiger partial charge on any atom is 0.158 e. The van der Waals surface area contributed by atoms with Crippen molar-refractivity contribution < 1.29 is 26.5 Å². The molecule has 0 fully saturated rings. The molecule has 0 aliphatic rings. The van der Waals surface area contributed by atoms with Gasteiger partial charge in [0.2, 0.25) is 0 Å². The van der Waals surface area contributed by atoms with Gasteiger partial charge < -0.3 is 26.5 Å². The van der Waals surface area contributed by atoms with Crippen molar-refractivity contribution in [2.45, 2.75) is 0 Å². The maximum atomic E-state index is 7.23. The molecule has 7 aromatic carbocycles. The van der Waals surface area contributed by atoms with Crippen LogP contribution >= 0.6 is 22.0 Å². The van der Waals surface area contributed by atoms with Gasteiger partial charge in [0, 0.05) is 15.4 Å². The fourth-order valence-corrected chi connectivity index (χ4v) is 16.4. The Morgan fingerprint density at radius 3 is 0.804 bits per heavy atom. The van der Waals surface area contributed by atoms with Gasteiger partial charge in [-0.15, -0.1) is 0 Å². The molecule has 9 heteroatoms. The van der Waals surface area contributed by atoms with Crippen LogP contribution in [-0.4, -0.2) is 0 Å². The van der Waals surface area contributed by atoms with Crippen LogP contribution in [0.25, 0.3) is 113 Å². The molecule has 3 atom stereocenters. The van der Waals surface area contributed by atoms with Crippen molar-refractivity contribution in [3.05, 3.63) is 127 Å². The third-order valence-corrected chi connectivity index (χ3v) is 17.9. The molecule has 13 rings (SSSR count). The van der Waals surface area contributed by atoms with Gasteiger partial charge in [-0.05, 0) is 72.8 Å². The van der Waals surface area contributed by atoms with Gasteiger partial charge in [0.05, 0.1) is 30.7 Å². The maximum absolute atomic E-state index is 7.23. The molecule has 6 nitrogen and oxygen atoms in total. The Morgan fingerprint density at radius 1 is 0.235 bits per heavy atom. The Labute approximate surface area is 288 Å². The molecule has 0 radical (unpaired) electrons. The highest BCUT2D eigenvalue weighted by molar-refractivity contribution is 7.66. The molecule has 6 heterocycles. The first kappa shape index (κ1) is 27.0. The third kappa shape index (κ3) is 3.36. The molecule has 0 bridgehead atoms. The van der Waals surface area contributed by atoms with Crippen molar-refractivity contribution in [2.24, 2.45) is 0 Å². The van der Waals surface area contributed by atoms with Crippen molar-refractivity contribution >= 4 is 135 Å². The largest absolute Gasteiger partial charge is 0.455 e. The van der Waals surface area contributed by atoms with E-state index < -0.39 is 22.0 Å². The standard InChI is InChI=1S/C42H21O6P3/c1-4-19-31-22(10-1)43-25-13-7-16-28-37(25)49(31)40-34(46-28)41-36(48-30-18-9-15-27-39(30)51(41)33-21-6-3-12-24(33)45-27)42-35(40)47-29-17-8-14-26-38(29)50(42)32-20-5-2-11-23(32)44-26/h1-21H. The number of rotatable bonds is 0. The van der Waals surface area contributed by atoms with Crippen molar-refractivity contribution in [1.29, 1.82) is 0 Å². The van der Waals surface area contributed by atoms with Crippen LogP contribution in [0.15, 0.2) is 154 Å². The van der Waals surface area contributed by atoms with Crippen LogP contribution in [0.5, 0.6) is 0 Å². The first-order chi connectivity index (χ1) is 25.3. The molecule has 3 unspecified atom stereocenters. The Kier molecular flexibility index (Phi) is 5.04. The van der Waals surface area contributed by atoms with Gasteiger partial charge in [0.15, 0.2) is 16.7 Å². The summed E-state index contributed by atoms with van der Waals surface area (Å²) in [5, 5.41) is 9.82. The van der Waals surface area contributed by atoms with E-state index in [1.54, 1.807) is 0 Å². The molecule has 0 aliphatic heterocycles. The van der Waals surface area contributed by atoms with E-state index in [2.05, 4.69) is 91.0 Å². The van der Waals surface area contributed by atoms with Gasteiger partial charge in [-0.3, -0.25) is 0 Å². The van der Waals surface area contributed by atoms with Crippen LogP contribution in [0.4, 0.5) is 0 Å². The highest BCUT2D eigenvalue weighted by Crippen LogP contribution is 2.62. The molecule has 0 spiro atoms. The molecular weight excluding hydrogens is 693 g/mol. The fraction of sp³-hybridized carbons (Fsp3) is 0. The molecule has 240 valence electrons. The Hall–Kier alpha value is -5.76. The lowest BCUT2D eigenvalue weighted by Crippen LogP contribution is -1.87. The van der Waals surface area contributed by atoms with Crippen LogP contribution in [0.3, 0.4) is 0 Å². The normalized spacial score (nSPS) is 13.8. The van der Waals surface area contributed by atoms with E-state index in [4.69, 9.17) is 26.5 Å². The molecule has 51 heavy (non-hydrogen) atoms. The lowest BCUT2D eigenvalue weighted by molar-refractivity contribution is 0.641. The van der Waals surface area contributed by atoms with Crippen molar-refractivity contribution in [2.75, 3.05) is 0 Å². The summed E-state index contributed by atoms with van der Waals surface area (Å²) in [6.07, 6.45) is 0. The average Bonchev–Trinajstić information content (AvgIpc) is 3.17. The predicted molar refractivity (Wildman–Crippen MR) is 211 cm³/mol. The van der Waals surface area contributed by atoms with Gasteiger partial charge in [-0.1, -0.05) is 76.6 Å². The summed E-state index contributed by atoms with van der Waals surface area (Å²) in [5.41, 5.74) is 9.90. The zero-order chi connectivity index (χ0) is 32.9. The fourth-order valence-electron chi connectivity index (χ4n) is 8.13. The van der Waals surface area contributed by atoms with E-state index in [0.29, 0.717) is 0 Å². The van der Waals surface area contributed by atoms with E-state index in [9.17, 15) is 0 Å². The number of hydrogen-bond acceptors (Lipinski definition) is 6. The zero-order valence-electron chi connectivity index (χ0n) is 26.4. The Balaban J connectivity index is 1.50. The van der Waals surface area contributed by atoms with Crippen LogP contribution in [0, 0.1) is 0 Å². The topological polar surface area (TPSA) is 78.8 Å². The van der Waals surface area contributed by atoms with Crippen molar-refractivity contribution in [1.82, 2.24) is 0 Å². The highest BCUT2D eigenvalue weighted by atomic mass is 31.1. The first-order valence-electron chi connectivity index (χ1n) is 16.7. The molecular formula is C42H21O6P3. The minimum atomic E-state index is -1.17. The molecule has 0 saturated carbocycles. The molecule has 0 N–H and O–H groups in total. The second-order valence-electron chi connectivity index (χ2n) is 12.9. The van der Waals surface area contributed by atoms with Crippen molar-refractivity contribution in [3.8, 4) is 0 Å². The van der Waals surface area contributed by atoms with Crippen LogP contribution in [0.1, 0.15) is 0 Å². The molecule has 0 amide bonds. The van der Waals surface area contributed by atoms with Gasteiger partial charge in [0.1, 0.15) is 50.2 Å². The molecule has 13 aromatic rings. The van der Waals surface area contributed by atoms with E-state index in [1.165, 1.54) is 0 Å². The summed E-state index contributed by atoms with van der Waals surface area (Å²) in [7, 11) is -3.52. The minimum absolute atomic E-state index is 0.805. The SMILES string of the molecule is c1ccc2c(c1)oc1cccc3oc4c(c5oc6cccc7oc8ccccc8p(c76)c5c5oc6cccc7oc8ccccc8p(c76)c45)p2c13. The number of para-hydroxylation sites is 3. The molecule has 6 aromatic heterocycles. The van der Waals surface area contributed by atoms with E-state index in [0.717, 1.165) is 113 Å². The minimum Gasteiger partial charge on any atom is -0.455 e. The second kappa shape index (κ2) is 9.51. The summed E-state index contributed by atoms with van der Waals surface area (Å²) in [4.78, 5) is 0. The van der Waals surface area contributed by atoms with Gasteiger partial charge in [-0.2, -0.15) is 0 Å². The monoisotopic (exact) mass is 714 g/mol. The van der Waals surface area contributed by atoms with Crippen LogP contribution < -0.4 is 0 Å². The summed E-state index contributed by atoms with van der Waals surface area (Å²) >= 11 is 0. The van der Waals surface area contributed by atoms with Crippen molar-refractivity contribution in [3.63, 3.8) is 0 Å². The first-order valence-corrected chi connectivity index (χ1v) is 20.7. The van der Waals surface area contributed by atoms with Gasteiger partial charge >= 0.3 is 0 Å². The smallest absolute Gasteiger partial charge is 0.158 e. The van der Waals surface area contributed by atoms with Crippen LogP contribution in [0.2, 0.25) is 0 Å².